The summed E-state index contributed by atoms with van der Waals surface area (Å²) in [6, 6.07) is 17.8. The number of hydrogen-bond acceptors (Lipinski definition) is 3. The van der Waals surface area contributed by atoms with Gasteiger partial charge in [-0.1, -0.05) is 30.3 Å². The molecule has 2 aromatic carbocycles. The minimum absolute atomic E-state index is 0.0555. The van der Waals surface area contributed by atoms with E-state index in [9.17, 15) is 9.81 Å². The number of piperidine rings is 1. The molecular weight excluding hydrogens is 340 g/mol. The number of para-hydroxylation sites is 1. The average molecular weight is 366 g/mol. The zero-order valence-electron chi connectivity index (χ0n) is 15.5. The molecule has 1 N–H and O–H groups in total. The lowest BCUT2D eigenvalue weighted by Crippen LogP contribution is -2.42. The largest absolute Gasteiger partial charge is 0.356 e. The molecule has 0 saturated carbocycles. The molecule has 140 valence electrons. The van der Waals surface area contributed by atoms with Gasteiger partial charge in [-0.3, -0.25) is 0 Å². The molecule has 2 aromatic rings. The van der Waals surface area contributed by atoms with E-state index < -0.39 is 0 Å². The molecule has 6 nitrogen and oxygen atoms in total. The Bertz CT molecular complexity index is 824. The van der Waals surface area contributed by atoms with E-state index >= 15 is 0 Å². The van der Waals surface area contributed by atoms with Gasteiger partial charge in [-0.05, 0) is 30.7 Å². The van der Waals surface area contributed by atoms with Gasteiger partial charge in [0.05, 0.1) is 11.5 Å². The molecule has 2 atom stereocenters. The lowest BCUT2D eigenvalue weighted by molar-refractivity contribution is -0.726. The summed E-state index contributed by atoms with van der Waals surface area (Å²) in [6.07, 6.45) is 3.70. The zero-order chi connectivity index (χ0) is 18.6. The first kappa shape index (κ1) is 17.6. The van der Waals surface area contributed by atoms with Gasteiger partial charge < -0.3 is 5.32 Å². The van der Waals surface area contributed by atoms with Crippen LogP contribution in [0.5, 0.6) is 0 Å². The number of hydrazine groups is 1. The molecule has 2 heterocycles. The van der Waals surface area contributed by atoms with E-state index in [1.54, 1.807) is 0 Å². The van der Waals surface area contributed by atoms with Crippen molar-refractivity contribution in [3.8, 4) is 0 Å². The molecule has 2 fully saturated rings. The normalized spacial score (nSPS) is 22.9. The highest BCUT2D eigenvalue weighted by atomic mass is 16.3. The van der Waals surface area contributed by atoms with Crippen LogP contribution >= 0.6 is 0 Å². The number of benzene rings is 2. The summed E-state index contributed by atoms with van der Waals surface area (Å²) >= 11 is 0. The first-order valence-electron chi connectivity index (χ1n) is 9.78. The molecule has 2 unspecified atom stereocenters. The SMILES string of the molecule is O=[N+]1CCCCC1CN1CCC(c2cccc(Nc3ccccc3)c2)[N+]1=O. The van der Waals surface area contributed by atoms with Crippen LogP contribution in [0.25, 0.3) is 0 Å². The highest BCUT2D eigenvalue weighted by molar-refractivity contribution is 5.60. The Hall–Kier alpha value is -2.76. The highest BCUT2D eigenvalue weighted by Crippen LogP contribution is 2.31. The second kappa shape index (κ2) is 7.86. The van der Waals surface area contributed by atoms with Crippen molar-refractivity contribution in [3.63, 3.8) is 0 Å². The minimum Gasteiger partial charge on any atom is -0.356 e. The van der Waals surface area contributed by atoms with Gasteiger partial charge in [0.25, 0.3) is 6.04 Å². The summed E-state index contributed by atoms with van der Waals surface area (Å²) in [5.41, 5.74) is 3.01. The van der Waals surface area contributed by atoms with Crippen LogP contribution < -0.4 is 5.32 Å². The van der Waals surface area contributed by atoms with Crippen LogP contribution in [0.4, 0.5) is 11.4 Å². The van der Waals surface area contributed by atoms with E-state index in [0.29, 0.717) is 19.6 Å². The molecule has 0 aromatic heterocycles. The van der Waals surface area contributed by atoms with Gasteiger partial charge in [-0.2, -0.15) is 0 Å². The minimum atomic E-state index is -0.189. The summed E-state index contributed by atoms with van der Waals surface area (Å²) < 4.78 is 1.16. The molecule has 6 heteroatoms. The smallest absolute Gasteiger partial charge is 0.261 e. The molecule has 2 aliphatic heterocycles. The van der Waals surface area contributed by atoms with Gasteiger partial charge in [-0.25, -0.2) is 0 Å². The average Bonchev–Trinajstić information content (AvgIpc) is 3.05. The van der Waals surface area contributed by atoms with E-state index in [4.69, 9.17) is 0 Å². The third-order valence-corrected chi connectivity index (χ3v) is 5.53. The predicted molar refractivity (Wildman–Crippen MR) is 105 cm³/mol. The number of rotatable bonds is 5. The van der Waals surface area contributed by atoms with Gasteiger partial charge >= 0.3 is 0 Å². The van der Waals surface area contributed by atoms with Crippen LogP contribution in [0.15, 0.2) is 54.6 Å². The monoisotopic (exact) mass is 366 g/mol. The summed E-state index contributed by atoms with van der Waals surface area (Å²) in [4.78, 5) is 26.0. The fourth-order valence-corrected chi connectivity index (χ4v) is 4.06. The maximum Gasteiger partial charge on any atom is 0.261 e. The van der Waals surface area contributed by atoms with Crippen molar-refractivity contribution in [3.05, 3.63) is 70.0 Å². The van der Waals surface area contributed by atoms with Crippen molar-refractivity contribution in [2.75, 3.05) is 25.0 Å². The molecule has 0 aliphatic carbocycles. The number of nitrogens with zero attached hydrogens (tertiary/aromatic N) is 3. The highest BCUT2D eigenvalue weighted by Gasteiger charge is 2.44. The molecule has 27 heavy (non-hydrogen) atoms. The van der Waals surface area contributed by atoms with E-state index in [0.717, 1.165) is 52.3 Å². The van der Waals surface area contributed by atoms with Crippen LogP contribution in [-0.2, 0) is 0 Å². The first-order chi connectivity index (χ1) is 13.2. The fraction of sp³-hybridized carbons (Fsp3) is 0.429. The number of anilines is 2. The molecule has 0 bridgehead atoms. The van der Waals surface area contributed by atoms with E-state index in [-0.39, 0.29) is 12.1 Å². The van der Waals surface area contributed by atoms with Gasteiger partial charge in [0, 0.05) is 45.9 Å². The summed E-state index contributed by atoms with van der Waals surface area (Å²) in [5.74, 6) is 0. The standard InChI is InChI=1S/C21H26N4O2/c26-24-13-5-4-11-20(24)16-23-14-12-21(25(23)27)17-7-6-10-19(15-17)22-18-8-2-1-3-9-18/h1-3,6-10,15,20-22H,4-5,11-14,16H2/q+2. The Morgan fingerprint density at radius 1 is 0.963 bits per heavy atom. The van der Waals surface area contributed by atoms with E-state index in [2.05, 4.69) is 5.32 Å². The van der Waals surface area contributed by atoms with Gasteiger partial charge in [-0.15, -0.1) is 5.01 Å². The van der Waals surface area contributed by atoms with Crippen LogP contribution in [0.3, 0.4) is 0 Å². The van der Waals surface area contributed by atoms with Crippen molar-refractivity contribution >= 4 is 11.4 Å². The molecule has 0 spiro atoms. The predicted octanol–water partition coefficient (Wildman–Crippen LogP) is 4.20. The van der Waals surface area contributed by atoms with Crippen molar-refractivity contribution in [1.29, 1.82) is 0 Å². The quantitative estimate of drug-likeness (QED) is 0.806. The lowest BCUT2D eigenvalue weighted by Gasteiger charge is -2.16. The van der Waals surface area contributed by atoms with Crippen molar-refractivity contribution < 1.29 is 9.63 Å². The summed E-state index contributed by atoms with van der Waals surface area (Å²) in [6.45, 7) is 1.83. The molecule has 2 saturated heterocycles. The van der Waals surface area contributed by atoms with Crippen molar-refractivity contribution in [2.24, 2.45) is 0 Å². The molecule has 4 rings (SSSR count). The van der Waals surface area contributed by atoms with Crippen LogP contribution in [0, 0.1) is 9.81 Å². The Morgan fingerprint density at radius 3 is 2.59 bits per heavy atom. The molecule has 2 aliphatic rings. The van der Waals surface area contributed by atoms with Crippen molar-refractivity contribution in [2.45, 2.75) is 37.8 Å². The molecule has 0 radical (unpaired) electrons. The van der Waals surface area contributed by atoms with E-state index in [1.165, 1.54) is 0 Å². The Kier molecular flexibility index (Phi) is 5.14. The number of nitrogens with one attached hydrogen (secondary N) is 1. The van der Waals surface area contributed by atoms with Crippen molar-refractivity contribution in [1.82, 2.24) is 5.01 Å². The fourth-order valence-electron chi connectivity index (χ4n) is 4.06. The van der Waals surface area contributed by atoms with Crippen LogP contribution in [0.2, 0.25) is 0 Å². The maximum atomic E-state index is 12.9. The number of hydrogen-bond donors (Lipinski definition) is 1. The second-order valence-electron chi connectivity index (χ2n) is 7.43. The van der Waals surface area contributed by atoms with Crippen LogP contribution in [0.1, 0.15) is 37.3 Å². The summed E-state index contributed by atoms with van der Waals surface area (Å²) in [7, 11) is 0. The Labute approximate surface area is 159 Å². The van der Waals surface area contributed by atoms with Gasteiger partial charge in [0.2, 0.25) is 6.04 Å². The topological polar surface area (TPSA) is 55.4 Å². The Morgan fingerprint density at radius 2 is 1.78 bits per heavy atom. The second-order valence-corrected chi connectivity index (χ2v) is 7.43. The zero-order valence-corrected chi connectivity index (χ0v) is 15.5. The first-order valence-corrected chi connectivity index (χ1v) is 9.78. The maximum absolute atomic E-state index is 12.9. The molecule has 0 amide bonds. The third kappa shape index (κ3) is 3.99. The number of nitroso groups, excluding NO2 is 2. The Balaban J connectivity index is 1.44. The lowest BCUT2D eigenvalue weighted by atomic mass is 10.0. The molecular formula is C21H26N4O2+2. The van der Waals surface area contributed by atoms with Gasteiger partial charge in [0.15, 0.2) is 6.54 Å². The van der Waals surface area contributed by atoms with E-state index in [1.807, 2.05) is 59.6 Å². The van der Waals surface area contributed by atoms with Crippen LogP contribution in [-0.4, -0.2) is 40.3 Å². The summed E-state index contributed by atoms with van der Waals surface area (Å²) in [5, 5.41) is 5.19. The third-order valence-electron chi connectivity index (χ3n) is 5.53. The van der Waals surface area contributed by atoms with Gasteiger partial charge in [0.1, 0.15) is 11.4 Å².